The second-order valence-corrected chi connectivity index (χ2v) is 12.2. The first kappa shape index (κ1) is 32.9. The number of hydrogen-bond donors (Lipinski definition) is 0. The Kier molecular flexibility index (Phi) is 16.0. The largest absolute Gasteiger partial charge is 0.492 e. The Hall–Kier alpha value is -1.64. The Morgan fingerprint density at radius 3 is 1.20 bits per heavy atom. The van der Waals surface area contributed by atoms with E-state index in [0.717, 1.165) is 45.9 Å². The fourth-order valence-electron chi connectivity index (χ4n) is 5.63. The third-order valence-corrected chi connectivity index (χ3v) is 8.59. The number of hydrogen-bond acceptors (Lipinski definition) is 2. The standard InChI is InChI=1S/C36H52Cl2O2/c1-3-5-7-9-11-13-15-17-19-27-39-35-29-23-21-25-31(37)33(29)36(34-30(35)24-22-26-32(34)38)40-28-20-18-16-14-12-10-8-6-4-2/h21-26H,3-20,27-28H2,1-2H3. The molecule has 3 aromatic rings. The van der Waals surface area contributed by atoms with E-state index in [2.05, 4.69) is 26.0 Å². The smallest absolute Gasteiger partial charge is 0.138 e. The molecule has 222 valence electrons. The van der Waals surface area contributed by atoms with Crippen LogP contribution in [0.3, 0.4) is 0 Å². The van der Waals surface area contributed by atoms with Gasteiger partial charge in [-0.1, -0.05) is 164 Å². The molecule has 0 radical (unpaired) electrons. The van der Waals surface area contributed by atoms with Crippen LogP contribution in [0.5, 0.6) is 11.5 Å². The molecule has 3 rings (SSSR count). The van der Waals surface area contributed by atoms with Crippen molar-refractivity contribution >= 4 is 44.7 Å². The molecule has 0 amide bonds. The lowest BCUT2D eigenvalue weighted by Crippen LogP contribution is -2.03. The minimum absolute atomic E-state index is 0.662. The molecule has 0 bridgehead atoms. The zero-order valence-corrected chi connectivity index (χ0v) is 26.7. The number of rotatable bonds is 22. The van der Waals surface area contributed by atoms with Crippen molar-refractivity contribution in [2.24, 2.45) is 0 Å². The molecule has 0 saturated heterocycles. The van der Waals surface area contributed by atoms with Crippen molar-refractivity contribution in [3.8, 4) is 11.5 Å². The average Bonchev–Trinajstić information content (AvgIpc) is 2.95. The minimum Gasteiger partial charge on any atom is -0.492 e. The molecule has 0 N–H and O–H groups in total. The highest BCUT2D eigenvalue weighted by molar-refractivity contribution is 6.40. The van der Waals surface area contributed by atoms with Crippen molar-refractivity contribution < 1.29 is 9.47 Å². The molecule has 0 aromatic heterocycles. The van der Waals surface area contributed by atoms with E-state index in [0.29, 0.717) is 23.3 Å². The highest BCUT2D eigenvalue weighted by Crippen LogP contribution is 2.47. The lowest BCUT2D eigenvalue weighted by Gasteiger charge is -2.19. The zero-order valence-electron chi connectivity index (χ0n) is 25.2. The van der Waals surface area contributed by atoms with Crippen LogP contribution in [0.15, 0.2) is 36.4 Å². The first-order valence-electron chi connectivity index (χ1n) is 16.3. The maximum absolute atomic E-state index is 6.81. The molecule has 3 aromatic carbocycles. The van der Waals surface area contributed by atoms with E-state index in [1.54, 1.807) is 0 Å². The van der Waals surface area contributed by atoms with E-state index in [9.17, 15) is 0 Å². The molecule has 0 fully saturated rings. The molecular formula is C36H52Cl2O2. The van der Waals surface area contributed by atoms with Gasteiger partial charge in [-0.2, -0.15) is 0 Å². The number of benzene rings is 3. The van der Waals surface area contributed by atoms with Gasteiger partial charge < -0.3 is 9.47 Å². The Bertz CT molecular complexity index is 1060. The predicted octanol–water partition coefficient (Wildman–Crippen LogP) is 13.1. The monoisotopic (exact) mass is 586 g/mol. The fraction of sp³-hybridized carbons (Fsp3) is 0.611. The van der Waals surface area contributed by atoms with Gasteiger partial charge in [-0.3, -0.25) is 0 Å². The summed E-state index contributed by atoms with van der Waals surface area (Å²) in [7, 11) is 0. The maximum Gasteiger partial charge on any atom is 0.138 e. The molecule has 0 aliphatic rings. The lowest BCUT2D eigenvalue weighted by molar-refractivity contribution is 0.306. The first-order chi connectivity index (χ1) is 19.7. The van der Waals surface area contributed by atoms with Crippen molar-refractivity contribution in [1.29, 1.82) is 0 Å². The summed E-state index contributed by atoms with van der Waals surface area (Å²) in [4.78, 5) is 0. The summed E-state index contributed by atoms with van der Waals surface area (Å²) < 4.78 is 13.0. The Balaban J connectivity index is 1.63. The van der Waals surface area contributed by atoms with Gasteiger partial charge in [0.15, 0.2) is 0 Å². The van der Waals surface area contributed by atoms with Crippen LogP contribution in [0.25, 0.3) is 21.5 Å². The SMILES string of the molecule is CCCCCCCCCCCOc1c2cccc(Cl)c2c(OCCCCCCCCCCC)c2c(Cl)cccc12. The lowest BCUT2D eigenvalue weighted by atomic mass is 10.00. The fourth-order valence-corrected chi connectivity index (χ4v) is 6.15. The summed E-state index contributed by atoms with van der Waals surface area (Å²) in [6, 6.07) is 12.1. The second-order valence-electron chi connectivity index (χ2n) is 11.3. The zero-order chi connectivity index (χ0) is 28.4. The molecule has 0 unspecified atom stereocenters. The van der Waals surface area contributed by atoms with E-state index in [1.165, 1.54) is 103 Å². The first-order valence-corrected chi connectivity index (χ1v) is 17.0. The number of fused-ring (bicyclic) bond motifs is 2. The highest BCUT2D eigenvalue weighted by atomic mass is 35.5. The van der Waals surface area contributed by atoms with Crippen LogP contribution in [0.4, 0.5) is 0 Å². The van der Waals surface area contributed by atoms with Crippen LogP contribution in [0.2, 0.25) is 10.0 Å². The van der Waals surface area contributed by atoms with E-state index in [4.69, 9.17) is 32.7 Å². The Morgan fingerprint density at radius 2 is 0.800 bits per heavy atom. The molecule has 0 aliphatic carbocycles. The van der Waals surface area contributed by atoms with E-state index in [1.807, 2.05) is 24.3 Å². The summed E-state index contributed by atoms with van der Waals surface area (Å²) in [6.07, 6.45) is 23.2. The summed E-state index contributed by atoms with van der Waals surface area (Å²) in [5.41, 5.74) is 0. The van der Waals surface area contributed by atoms with Crippen LogP contribution in [0, 0.1) is 0 Å². The van der Waals surface area contributed by atoms with E-state index in [-0.39, 0.29) is 0 Å². The van der Waals surface area contributed by atoms with Gasteiger partial charge in [0.2, 0.25) is 0 Å². The van der Waals surface area contributed by atoms with Crippen molar-refractivity contribution in [2.75, 3.05) is 13.2 Å². The van der Waals surface area contributed by atoms with Crippen LogP contribution < -0.4 is 9.47 Å². The molecule has 0 saturated carbocycles. The molecule has 4 heteroatoms. The topological polar surface area (TPSA) is 18.5 Å². The van der Waals surface area contributed by atoms with Gasteiger partial charge >= 0.3 is 0 Å². The maximum atomic E-state index is 6.81. The van der Waals surface area contributed by atoms with Gasteiger partial charge in [0.25, 0.3) is 0 Å². The van der Waals surface area contributed by atoms with Crippen LogP contribution >= 0.6 is 23.2 Å². The quantitative estimate of drug-likeness (QED) is 0.0860. The van der Waals surface area contributed by atoms with Gasteiger partial charge in [-0.05, 0) is 25.0 Å². The molecule has 0 aliphatic heterocycles. The molecule has 2 nitrogen and oxygen atoms in total. The molecule has 40 heavy (non-hydrogen) atoms. The third kappa shape index (κ3) is 10.3. The predicted molar refractivity (Wildman–Crippen MR) is 177 cm³/mol. The number of ether oxygens (including phenoxy) is 2. The number of halogens is 2. The van der Waals surface area contributed by atoms with Gasteiger partial charge in [0.05, 0.1) is 23.3 Å². The van der Waals surface area contributed by atoms with Crippen molar-refractivity contribution in [3.63, 3.8) is 0 Å². The number of unbranched alkanes of at least 4 members (excludes halogenated alkanes) is 16. The molecule has 0 atom stereocenters. The normalized spacial score (nSPS) is 11.5. The molecule has 0 spiro atoms. The van der Waals surface area contributed by atoms with Crippen molar-refractivity contribution in [3.05, 3.63) is 46.4 Å². The Morgan fingerprint density at radius 1 is 0.450 bits per heavy atom. The summed E-state index contributed by atoms with van der Waals surface area (Å²) in [5, 5.41) is 5.16. The van der Waals surface area contributed by atoms with Crippen LogP contribution in [-0.4, -0.2) is 13.2 Å². The van der Waals surface area contributed by atoms with Gasteiger partial charge in [0, 0.05) is 21.5 Å². The molecule has 0 heterocycles. The third-order valence-electron chi connectivity index (χ3n) is 7.96. The van der Waals surface area contributed by atoms with Gasteiger partial charge in [0.1, 0.15) is 11.5 Å². The minimum atomic E-state index is 0.662. The van der Waals surface area contributed by atoms with Crippen molar-refractivity contribution in [2.45, 2.75) is 129 Å². The highest BCUT2D eigenvalue weighted by Gasteiger charge is 2.20. The van der Waals surface area contributed by atoms with Crippen LogP contribution in [0.1, 0.15) is 129 Å². The Labute approximate surface area is 254 Å². The van der Waals surface area contributed by atoms with E-state index < -0.39 is 0 Å². The summed E-state index contributed by atoms with van der Waals surface area (Å²) in [5.74, 6) is 1.65. The summed E-state index contributed by atoms with van der Waals surface area (Å²) >= 11 is 13.6. The van der Waals surface area contributed by atoms with Gasteiger partial charge in [-0.15, -0.1) is 0 Å². The average molecular weight is 588 g/mol. The second kappa shape index (κ2) is 19.5. The van der Waals surface area contributed by atoms with E-state index >= 15 is 0 Å². The molecular weight excluding hydrogens is 535 g/mol. The summed E-state index contributed by atoms with van der Waals surface area (Å²) in [6.45, 7) is 5.90. The van der Waals surface area contributed by atoms with Gasteiger partial charge in [-0.25, -0.2) is 0 Å². The van der Waals surface area contributed by atoms with Crippen molar-refractivity contribution in [1.82, 2.24) is 0 Å². The van der Waals surface area contributed by atoms with Crippen LogP contribution in [-0.2, 0) is 0 Å².